The summed E-state index contributed by atoms with van der Waals surface area (Å²) in [5.74, 6) is 1.89. The summed E-state index contributed by atoms with van der Waals surface area (Å²) in [7, 11) is 1.87. The number of hydrogen-bond acceptors (Lipinski definition) is 3. The van der Waals surface area contributed by atoms with E-state index in [0.717, 1.165) is 38.2 Å². The second-order valence-corrected chi connectivity index (χ2v) is 7.23. The van der Waals surface area contributed by atoms with Gasteiger partial charge in [-0.25, -0.2) is 0 Å². The lowest BCUT2D eigenvalue weighted by Crippen LogP contribution is -2.53. The van der Waals surface area contributed by atoms with Gasteiger partial charge in [0.25, 0.3) is 0 Å². The largest absolute Gasteiger partial charge is 0.379 e. The number of nitrogens with zero attached hydrogens (tertiary/aromatic N) is 2. The molecule has 2 atom stereocenters. The fourth-order valence-electron chi connectivity index (χ4n) is 3.86. The first-order valence-corrected chi connectivity index (χ1v) is 9.44. The molecule has 24 heavy (non-hydrogen) atoms. The number of rotatable bonds is 5. The highest BCUT2D eigenvalue weighted by atomic mass is 127. The minimum absolute atomic E-state index is 0. The summed E-state index contributed by atoms with van der Waals surface area (Å²) >= 11 is 0. The van der Waals surface area contributed by atoms with Gasteiger partial charge in [0.05, 0.1) is 13.2 Å². The zero-order valence-corrected chi connectivity index (χ0v) is 18.2. The van der Waals surface area contributed by atoms with Crippen molar-refractivity contribution in [2.75, 3.05) is 33.4 Å². The van der Waals surface area contributed by atoms with Gasteiger partial charge in [0.2, 0.25) is 0 Å². The van der Waals surface area contributed by atoms with Crippen LogP contribution in [0.5, 0.6) is 0 Å². The van der Waals surface area contributed by atoms with Crippen LogP contribution in [0.3, 0.4) is 0 Å². The molecule has 0 radical (unpaired) electrons. The number of ether oxygens (including phenoxy) is 1. The highest BCUT2D eigenvalue weighted by Crippen LogP contribution is 2.26. The minimum Gasteiger partial charge on any atom is -0.379 e. The van der Waals surface area contributed by atoms with Gasteiger partial charge >= 0.3 is 0 Å². The molecule has 1 aliphatic heterocycles. The van der Waals surface area contributed by atoms with Crippen molar-refractivity contribution in [3.63, 3.8) is 0 Å². The molecular formula is C18H37IN4O. The van der Waals surface area contributed by atoms with Crippen LogP contribution < -0.4 is 10.6 Å². The quantitative estimate of drug-likeness (QED) is 0.383. The normalized spacial score (nSPS) is 30.3. The van der Waals surface area contributed by atoms with Gasteiger partial charge in [-0.3, -0.25) is 9.89 Å². The van der Waals surface area contributed by atoms with Crippen molar-refractivity contribution in [3.05, 3.63) is 0 Å². The summed E-state index contributed by atoms with van der Waals surface area (Å²) in [6, 6.07) is 1.57. The third-order valence-electron chi connectivity index (χ3n) is 5.54. The number of nitrogens with one attached hydrogen (secondary N) is 2. The average Bonchev–Trinajstić information content (AvgIpc) is 2.59. The van der Waals surface area contributed by atoms with Crippen molar-refractivity contribution in [2.45, 2.75) is 71.0 Å². The maximum Gasteiger partial charge on any atom is 0.191 e. The first-order chi connectivity index (χ1) is 11.1. The molecule has 0 amide bonds. The van der Waals surface area contributed by atoms with E-state index in [1.807, 2.05) is 7.05 Å². The predicted molar refractivity (Wildman–Crippen MR) is 112 cm³/mol. The molecular weight excluding hydrogens is 415 g/mol. The first kappa shape index (κ1) is 22.0. The van der Waals surface area contributed by atoms with Crippen LogP contribution in [0.15, 0.2) is 4.99 Å². The van der Waals surface area contributed by atoms with Gasteiger partial charge in [0.15, 0.2) is 5.96 Å². The number of morpholine rings is 1. The molecule has 0 bridgehead atoms. The molecule has 0 aromatic rings. The molecule has 1 saturated heterocycles. The monoisotopic (exact) mass is 452 g/mol. The van der Waals surface area contributed by atoms with E-state index in [9.17, 15) is 0 Å². The zero-order valence-electron chi connectivity index (χ0n) is 15.9. The average molecular weight is 452 g/mol. The van der Waals surface area contributed by atoms with Crippen molar-refractivity contribution < 1.29 is 4.74 Å². The minimum atomic E-state index is 0. The lowest BCUT2D eigenvalue weighted by Gasteiger charge is -2.38. The molecule has 1 saturated carbocycles. The summed E-state index contributed by atoms with van der Waals surface area (Å²) < 4.78 is 5.53. The number of guanidine groups is 1. The van der Waals surface area contributed by atoms with Gasteiger partial charge in [-0.05, 0) is 45.4 Å². The van der Waals surface area contributed by atoms with Gasteiger partial charge in [0, 0.05) is 38.3 Å². The van der Waals surface area contributed by atoms with Gasteiger partial charge in [0.1, 0.15) is 0 Å². The fourth-order valence-corrected chi connectivity index (χ4v) is 3.86. The van der Waals surface area contributed by atoms with Crippen molar-refractivity contribution >= 4 is 29.9 Å². The lowest BCUT2D eigenvalue weighted by molar-refractivity contribution is -0.0174. The topological polar surface area (TPSA) is 48.9 Å². The number of aliphatic imine (C=N–C) groups is 1. The van der Waals surface area contributed by atoms with Crippen LogP contribution in [0, 0.1) is 5.92 Å². The van der Waals surface area contributed by atoms with E-state index in [1.54, 1.807) is 0 Å². The van der Waals surface area contributed by atoms with Gasteiger partial charge in [-0.2, -0.15) is 0 Å². The van der Waals surface area contributed by atoms with Gasteiger partial charge < -0.3 is 15.4 Å². The molecule has 6 heteroatoms. The van der Waals surface area contributed by atoms with Crippen molar-refractivity contribution in [1.29, 1.82) is 0 Å². The summed E-state index contributed by atoms with van der Waals surface area (Å²) in [6.45, 7) is 10.5. The molecule has 142 valence electrons. The molecule has 0 spiro atoms. The van der Waals surface area contributed by atoms with Crippen LogP contribution in [-0.2, 0) is 4.74 Å². The Labute approximate surface area is 165 Å². The van der Waals surface area contributed by atoms with Crippen molar-refractivity contribution in [1.82, 2.24) is 15.5 Å². The van der Waals surface area contributed by atoms with E-state index in [4.69, 9.17) is 4.74 Å². The number of halogens is 1. The molecule has 1 aliphatic carbocycles. The van der Waals surface area contributed by atoms with Crippen molar-refractivity contribution in [2.24, 2.45) is 10.9 Å². The van der Waals surface area contributed by atoms with Crippen LogP contribution in [0.25, 0.3) is 0 Å². The predicted octanol–water partition coefficient (Wildman–Crippen LogP) is 2.85. The Balaban J connectivity index is 0.00000288. The highest BCUT2D eigenvalue weighted by molar-refractivity contribution is 14.0. The maximum atomic E-state index is 5.53. The Kier molecular flexibility index (Phi) is 10.5. The van der Waals surface area contributed by atoms with Crippen LogP contribution >= 0.6 is 24.0 Å². The second-order valence-electron chi connectivity index (χ2n) is 7.23. The Hall–Kier alpha value is -0.0800. The van der Waals surface area contributed by atoms with Crippen LogP contribution in [0.1, 0.15) is 52.9 Å². The summed E-state index contributed by atoms with van der Waals surface area (Å²) in [5, 5.41) is 7.13. The van der Waals surface area contributed by atoms with E-state index in [-0.39, 0.29) is 24.0 Å². The van der Waals surface area contributed by atoms with E-state index in [2.05, 4.69) is 41.3 Å². The van der Waals surface area contributed by atoms with Crippen LogP contribution in [0.4, 0.5) is 0 Å². The zero-order chi connectivity index (χ0) is 16.7. The molecule has 5 nitrogen and oxygen atoms in total. The Morgan fingerprint density at radius 3 is 2.58 bits per heavy atom. The third-order valence-corrected chi connectivity index (χ3v) is 5.54. The number of hydrogen-bond donors (Lipinski definition) is 2. The van der Waals surface area contributed by atoms with Gasteiger partial charge in [-0.15, -0.1) is 24.0 Å². The first-order valence-electron chi connectivity index (χ1n) is 9.44. The van der Waals surface area contributed by atoms with Crippen LogP contribution in [-0.4, -0.2) is 62.3 Å². The molecule has 2 rings (SSSR count). The Morgan fingerprint density at radius 2 is 2.00 bits per heavy atom. The maximum absolute atomic E-state index is 5.53. The van der Waals surface area contributed by atoms with E-state index in [0.29, 0.717) is 18.1 Å². The Morgan fingerprint density at radius 1 is 1.29 bits per heavy atom. The molecule has 2 N–H and O–H groups in total. The molecule has 0 aromatic heterocycles. The van der Waals surface area contributed by atoms with E-state index < -0.39 is 0 Å². The standard InChI is InChI=1S/C18H36N4O.HI/c1-5-16-6-8-17(9-7-16)21-18(19-4)20-12-14(2)22-10-11-23-13-15(22)3;/h14-17H,5-13H2,1-4H3,(H2,19,20,21);1H. The highest BCUT2D eigenvalue weighted by Gasteiger charge is 2.24. The van der Waals surface area contributed by atoms with Gasteiger partial charge in [-0.1, -0.05) is 13.3 Å². The summed E-state index contributed by atoms with van der Waals surface area (Å²) in [6.07, 6.45) is 6.58. The molecule has 2 aliphatic rings. The summed E-state index contributed by atoms with van der Waals surface area (Å²) in [5.41, 5.74) is 0. The molecule has 2 unspecified atom stereocenters. The molecule has 2 fully saturated rings. The van der Waals surface area contributed by atoms with Crippen LogP contribution in [0.2, 0.25) is 0 Å². The lowest BCUT2D eigenvalue weighted by atomic mass is 9.84. The van der Waals surface area contributed by atoms with Crippen molar-refractivity contribution in [3.8, 4) is 0 Å². The molecule has 1 heterocycles. The smallest absolute Gasteiger partial charge is 0.191 e. The fraction of sp³-hybridized carbons (Fsp3) is 0.944. The summed E-state index contributed by atoms with van der Waals surface area (Å²) in [4.78, 5) is 6.93. The second kappa shape index (κ2) is 11.5. The molecule has 0 aromatic carbocycles. The third kappa shape index (κ3) is 6.67. The Bertz CT molecular complexity index is 372. The SMILES string of the molecule is CCC1CCC(NC(=NC)NCC(C)N2CCOCC2C)CC1.I. The van der Waals surface area contributed by atoms with E-state index in [1.165, 1.54) is 32.1 Å². The van der Waals surface area contributed by atoms with E-state index >= 15 is 0 Å².